The number of para-hydroxylation sites is 1. The van der Waals surface area contributed by atoms with Gasteiger partial charge in [0.05, 0.1) is 6.10 Å². The maximum absolute atomic E-state index is 13.3. The molecule has 33 heavy (non-hydrogen) atoms. The first-order chi connectivity index (χ1) is 15.6. The van der Waals surface area contributed by atoms with Gasteiger partial charge in [-0.25, -0.2) is 0 Å². The summed E-state index contributed by atoms with van der Waals surface area (Å²) < 4.78 is 5.89. The summed E-state index contributed by atoms with van der Waals surface area (Å²) >= 11 is 5.67. The Labute approximate surface area is 205 Å². The van der Waals surface area contributed by atoms with Crippen molar-refractivity contribution in [3.63, 3.8) is 0 Å². The number of esters is 1. The van der Waals surface area contributed by atoms with Gasteiger partial charge in [0.25, 0.3) is 0 Å². The Hall–Kier alpha value is -1.79. The van der Waals surface area contributed by atoms with Crippen LogP contribution in [0.1, 0.15) is 92.4 Å². The summed E-state index contributed by atoms with van der Waals surface area (Å²) in [7, 11) is 0. The Balaban J connectivity index is 3.00. The summed E-state index contributed by atoms with van der Waals surface area (Å²) in [5, 5.41) is 12.6. The maximum atomic E-state index is 13.3. The minimum atomic E-state index is -1.16. The molecule has 3 unspecified atom stereocenters. The number of carbonyl (C=O) groups is 2. The molecule has 1 amide bonds. The van der Waals surface area contributed by atoms with Crippen LogP contribution in [-0.4, -0.2) is 34.1 Å². The zero-order chi connectivity index (χ0) is 24.9. The summed E-state index contributed by atoms with van der Waals surface area (Å²) in [5.41, 5.74) is 0.140. The molecule has 0 radical (unpaired) electrons. The molecule has 0 aromatic heterocycles. The molecule has 1 aromatic rings. The molecule has 0 aliphatic heterocycles. The summed E-state index contributed by atoms with van der Waals surface area (Å²) in [4.78, 5) is 26.9. The average Bonchev–Trinajstić information content (AvgIpc) is 2.77. The highest BCUT2D eigenvalue weighted by Crippen LogP contribution is 2.29. The Bertz CT molecular complexity index is 733. The van der Waals surface area contributed by atoms with Crippen molar-refractivity contribution >= 4 is 34.6 Å². The largest absolute Gasteiger partial charge is 0.462 e. The standard InChI is InChI=1S/C27H43NO4S/c1-6-8-9-10-14-17-22(19-18-20(3)29)32-26(31)23(24(33)27(4,5)7-2)25(30)28-21-15-12-11-13-16-21/h11-13,15-16,20,22-23,29H,6-10,14,17-19H2,1-5H3,(H,28,30). The van der Waals surface area contributed by atoms with Crippen LogP contribution in [0.3, 0.4) is 0 Å². The van der Waals surface area contributed by atoms with Crippen molar-refractivity contribution in [2.24, 2.45) is 11.3 Å². The lowest BCUT2D eigenvalue weighted by molar-refractivity contribution is -0.154. The molecule has 0 aliphatic carbocycles. The normalized spacial score (nSPS) is 14.2. The first-order valence-electron chi connectivity index (χ1n) is 12.4. The molecule has 3 atom stereocenters. The van der Waals surface area contributed by atoms with Crippen molar-refractivity contribution in [3.8, 4) is 0 Å². The summed E-state index contributed by atoms with van der Waals surface area (Å²) in [6, 6.07) is 9.05. The molecule has 5 nitrogen and oxygen atoms in total. The van der Waals surface area contributed by atoms with E-state index in [0.717, 1.165) is 25.7 Å². The van der Waals surface area contributed by atoms with Crippen LogP contribution in [-0.2, 0) is 14.3 Å². The Morgan fingerprint density at radius 1 is 1.03 bits per heavy atom. The molecule has 0 heterocycles. The van der Waals surface area contributed by atoms with E-state index in [1.54, 1.807) is 19.1 Å². The number of amides is 1. The third-order valence-electron chi connectivity index (χ3n) is 6.17. The number of benzene rings is 1. The van der Waals surface area contributed by atoms with Gasteiger partial charge in [0.2, 0.25) is 5.91 Å². The smallest absolute Gasteiger partial charge is 0.323 e. The van der Waals surface area contributed by atoms with Gasteiger partial charge in [0, 0.05) is 10.6 Å². The molecular weight excluding hydrogens is 434 g/mol. The SMILES string of the molecule is CCCCCCCC(CCC(C)O)OC(=O)C(C(=O)Nc1ccccc1)C(=S)C(C)(C)CC. The third-order valence-corrected chi connectivity index (χ3v) is 6.96. The lowest BCUT2D eigenvalue weighted by Gasteiger charge is -2.30. The summed E-state index contributed by atoms with van der Waals surface area (Å²) in [6.45, 7) is 9.79. The van der Waals surface area contributed by atoms with Crippen LogP contribution in [0.15, 0.2) is 30.3 Å². The van der Waals surface area contributed by atoms with E-state index in [9.17, 15) is 14.7 Å². The molecule has 0 saturated carbocycles. The topological polar surface area (TPSA) is 75.6 Å². The van der Waals surface area contributed by atoms with E-state index >= 15 is 0 Å². The number of unbranched alkanes of at least 4 members (excludes halogenated alkanes) is 4. The van der Waals surface area contributed by atoms with Crippen LogP contribution in [0.5, 0.6) is 0 Å². The summed E-state index contributed by atoms with van der Waals surface area (Å²) in [6.07, 6.45) is 7.27. The fourth-order valence-corrected chi connectivity index (χ4v) is 3.88. The van der Waals surface area contributed by atoms with Gasteiger partial charge in [-0.15, -0.1) is 0 Å². The first-order valence-corrected chi connectivity index (χ1v) is 12.8. The van der Waals surface area contributed by atoms with Crippen LogP contribution < -0.4 is 5.32 Å². The van der Waals surface area contributed by atoms with E-state index in [0.29, 0.717) is 29.8 Å². The van der Waals surface area contributed by atoms with Gasteiger partial charge in [-0.3, -0.25) is 9.59 Å². The number of nitrogens with one attached hydrogen (secondary N) is 1. The fourth-order valence-electron chi connectivity index (χ4n) is 3.53. The zero-order valence-electron chi connectivity index (χ0n) is 21.1. The molecule has 0 saturated heterocycles. The highest BCUT2D eigenvalue weighted by atomic mass is 32.1. The number of hydrogen-bond acceptors (Lipinski definition) is 5. The number of hydrogen-bond donors (Lipinski definition) is 2. The Morgan fingerprint density at radius 2 is 1.67 bits per heavy atom. The van der Waals surface area contributed by atoms with E-state index in [4.69, 9.17) is 17.0 Å². The van der Waals surface area contributed by atoms with Gasteiger partial charge in [-0.1, -0.05) is 83.8 Å². The van der Waals surface area contributed by atoms with Crippen LogP contribution in [0, 0.1) is 11.3 Å². The van der Waals surface area contributed by atoms with E-state index in [2.05, 4.69) is 12.2 Å². The first kappa shape index (κ1) is 29.2. The van der Waals surface area contributed by atoms with Crippen molar-refractivity contribution in [1.82, 2.24) is 0 Å². The number of aliphatic hydroxyl groups is 1. The molecule has 2 N–H and O–H groups in total. The molecule has 0 bridgehead atoms. The van der Waals surface area contributed by atoms with E-state index in [1.807, 2.05) is 39.0 Å². The minimum absolute atomic E-state index is 0.340. The van der Waals surface area contributed by atoms with Crippen LogP contribution in [0.25, 0.3) is 0 Å². The highest BCUT2D eigenvalue weighted by molar-refractivity contribution is 7.80. The quantitative estimate of drug-likeness (QED) is 0.123. The predicted octanol–water partition coefficient (Wildman–Crippen LogP) is 6.48. The second kappa shape index (κ2) is 15.2. The molecule has 0 fully saturated rings. The molecule has 0 spiro atoms. The second-order valence-electron chi connectivity index (χ2n) is 9.58. The van der Waals surface area contributed by atoms with Crippen molar-refractivity contribution < 1.29 is 19.4 Å². The predicted molar refractivity (Wildman–Crippen MR) is 139 cm³/mol. The van der Waals surface area contributed by atoms with Gasteiger partial charge < -0.3 is 15.2 Å². The van der Waals surface area contributed by atoms with Crippen molar-refractivity contribution in [2.75, 3.05) is 5.32 Å². The van der Waals surface area contributed by atoms with Crippen LogP contribution in [0.2, 0.25) is 0 Å². The number of carbonyl (C=O) groups excluding carboxylic acids is 2. The zero-order valence-corrected chi connectivity index (χ0v) is 21.9. The summed E-state index contributed by atoms with van der Waals surface area (Å²) in [5.74, 6) is -2.22. The molecular formula is C27H43NO4S. The molecule has 0 aliphatic rings. The maximum Gasteiger partial charge on any atom is 0.323 e. The number of aliphatic hydroxyl groups excluding tert-OH is 1. The number of anilines is 1. The Morgan fingerprint density at radius 3 is 2.24 bits per heavy atom. The number of ether oxygens (including phenoxy) is 1. The molecule has 6 heteroatoms. The average molecular weight is 478 g/mol. The monoisotopic (exact) mass is 477 g/mol. The van der Waals surface area contributed by atoms with Gasteiger partial charge >= 0.3 is 5.97 Å². The van der Waals surface area contributed by atoms with Crippen molar-refractivity contribution in [3.05, 3.63) is 30.3 Å². The van der Waals surface area contributed by atoms with Gasteiger partial charge in [0.15, 0.2) is 5.92 Å². The lowest BCUT2D eigenvalue weighted by Crippen LogP contribution is -2.43. The van der Waals surface area contributed by atoms with Gasteiger partial charge in [-0.05, 0) is 56.6 Å². The van der Waals surface area contributed by atoms with Crippen molar-refractivity contribution in [2.45, 2.75) is 105 Å². The molecule has 1 rings (SSSR count). The Kier molecular flexibility index (Phi) is 13.4. The van der Waals surface area contributed by atoms with Crippen molar-refractivity contribution in [1.29, 1.82) is 0 Å². The number of thiocarbonyl (C=S) groups is 1. The van der Waals surface area contributed by atoms with E-state index in [1.165, 1.54) is 12.8 Å². The fraction of sp³-hybridized carbons (Fsp3) is 0.667. The second-order valence-corrected chi connectivity index (χ2v) is 10.0. The van der Waals surface area contributed by atoms with Gasteiger partial charge in [-0.2, -0.15) is 0 Å². The molecule has 186 valence electrons. The van der Waals surface area contributed by atoms with E-state index in [-0.39, 0.29) is 6.10 Å². The molecule has 1 aromatic carbocycles. The van der Waals surface area contributed by atoms with Gasteiger partial charge in [0.1, 0.15) is 6.10 Å². The van der Waals surface area contributed by atoms with Crippen LogP contribution in [0.4, 0.5) is 5.69 Å². The highest BCUT2D eigenvalue weighted by Gasteiger charge is 2.40. The minimum Gasteiger partial charge on any atom is -0.462 e. The third kappa shape index (κ3) is 10.8. The van der Waals surface area contributed by atoms with Crippen LogP contribution >= 0.6 is 12.2 Å². The van der Waals surface area contributed by atoms with E-state index < -0.39 is 29.3 Å². The number of rotatable bonds is 16. The lowest BCUT2D eigenvalue weighted by atomic mass is 9.80.